The standard InChI is InChI=1S/C4H10N.C2H5O.Al.ClH/c1-3-5-4-2;1-2-3;;/h3-4H2,1-2H3;2H2,1H3;;1H/q2*-1;+3;/p-1. The summed E-state index contributed by atoms with van der Waals surface area (Å²) in [4.78, 5) is 0. The summed E-state index contributed by atoms with van der Waals surface area (Å²) in [5.41, 5.74) is 0. The Morgan fingerprint density at radius 1 is 1.20 bits per heavy atom. The number of nitrogens with zero attached hydrogens (tertiary/aromatic N) is 1. The van der Waals surface area contributed by atoms with Gasteiger partial charge in [0.25, 0.3) is 0 Å². The number of hydrogen-bond donors (Lipinski definition) is 0. The summed E-state index contributed by atoms with van der Waals surface area (Å²) in [6.07, 6.45) is 0. The summed E-state index contributed by atoms with van der Waals surface area (Å²) in [6, 6.07) is 0. The third-order valence-corrected chi connectivity index (χ3v) is 2.71. The van der Waals surface area contributed by atoms with E-state index < -0.39 is 0 Å². The van der Waals surface area contributed by atoms with Gasteiger partial charge >= 0.3 is 63.9 Å². The first-order chi connectivity index (χ1) is 4.35. The monoisotopic (exact) mass is 179 g/mol. The van der Waals surface area contributed by atoms with Crippen LogP contribution in [0.1, 0.15) is 20.8 Å². The smallest absolute Gasteiger partial charge is 1.00 e. The van der Waals surface area contributed by atoms with Gasteiger partial charge in [0.05, 0.1) is 0 Å². The molecule has 10 heavy (non-hydrogen) atoms. The Morgan fingerprint density at radius 3 is 2.00 bits per heavy atom. The van der Waals surface area contributed by atoms with Crippen LogP contribution in [0.5, 0.6) is 0 Å². The van der Waals surface area contributed by atoms with Gasteiger partial charge in [-0.05, 0) is 0 Å². The average Bonchev–Trinajstić information content (AvgIpc) is 1.91. The van der Waals surface area contributed by atoms with E-state index in [2.05, 4.69) is 17.7 Å². The van der Waals surface area contributed by atoms with Gasteiger partial charge in [0.15, 0.2) is 0 Å². The maximum absolute atomic E-state index is 5.29. The number of rotatable bonds is 5. The zero-order valence-corrected chi connectivity index (χ0v) is 8.84. The van der Waals surface area contributed by atoms with Crippen molar-refractivity contribution < 1.29 is 16.2 Å². The molecule has 0 saturated carbocycles. The summed E-state index contributed by atoms with van der Waals surface area (Å²) in [7, 11) is 0. The molecular weight excluding hydrogens is 165 g/mol. The molecule has 0 unspecified atom stereocenters. The Hall–Kier alpha value is 0.742. The first kappa shape index (κ1) is 13.3. The molecule has 0 aromatic heterocycles. The van der Waals surface area contributed by atoms with E-state index in [-0.39, 0.29) is 28.2 Å². The van der Waals surface area contributed by atoms with Crippen LogP contribution in [-0.2, 0) is 3.79 Å². The SMILES string of the molecule is CC[O][Al+][N](CC)CC.[Cl-]. The van der Waals surface area contributed by atoms with E-state index in [1.165, 1.54) is 0 Å². The third-order valence-electron chi connectivity index (χ3n) is 1.20. The van der Waals surface area contributed by atoms with E-state index in [4.69, 9.17) is 3.79 Å². The average molecular weight is 180 g/mol. The van der Waals surface area contributed by atoms with Crippen LogP contribution in [0.2, 0.25) is 0 Å². The fourth-order valence-electron chi connectivity index (χ4n) is 0.553. The van der Waals surface area contributed by atoms with Crippen molar-refractivity contribution in [3.8, 4) is 0 Å². The predicted octanol–water partition coefficient (Wildman–Crippen LogP) is -2.10. The summed E-state index contributed by atoms with van der Waals surface area (Å²) in [5, 5.41) is 0. The van der Waals surface area contributed by atoms with E-state index in [9.17, 15) is 0 Å². The molecule has 2 nitrogen and oxygen atoms in total. The normalized spacial score (nSPS) is 8.80. The molecule has 0 spiro atoms. The van der Waals surface area contributed by atoms with Gasteiger partial charge in [-0.25, -0.2) is 0 Å². The molecule has 0 amide bonds. The van der Waals surface area contributed by atoms with E-state index in [0.29, 0.717) is 0 Å². The Labute approximate surface area is 76.6 Å². The molecule has 0 atom stereocenters. The third kappa shape index (κ3) is 6.86. The van der Waals surface area contributed by atoms with Gasteiger partial charge in [-0.1, -0.05) is 0 Å². The van der Waals surface area contributed by atoms with E-state index in [0.717, 1.165) is 19.7 Å². The summed E-state index contributed by atoms with van der Waals surface area (Å²) >= 11 is 0.108. The van der Waals surface area contributed by atoms with Crippen molar-refractivity contribution in [2.75, 3.05) is 19.7 Å². The topological polar surface area (TPSA) is 12.5 Å². The molecule has 0 fully saturated rings. The van der Waals surface area contributed by atoms with Gasteiger partial charge in [-0.15, -0.1) is 0 Å². The second-order valence-electron chi connectivity index (χ2n) is 1.78. The molecule has 0 rings (SSSR count). The quantitative estimate of drug-likeness (QED) is 0.449. The van der Waals surface area contributed by atoms with Gasteiger partial charge in [-0.3, -0.25) is 0 Å². The van der Waals surface area contributed by atoms with Crippen LogP contribution in [0, 0.1) is 0 Å². The van der Waals surface area contributed by atoms with Crippen molar-refractivity contribution >= 4 is 15.8 Å². The molecule has 0 aliphatic rings. The molecule has 0 aliphatic heterocycles. The van der Waals surface area contributed by atoms with Crippen LogP contribution in [0.15, 0.2) is 0 Å². The van der Waals surface area contributed by atoms with Gasteiger partial charge in [0.2, 0.25) is 0 Å². The minimum absolute atomic E-state index is 0. The van der Waals surface area contributed by atoms with Crippen molar-refractivity contribution in [3.05, 3.63) is 0 Å². The van der Waals surface area contributed by atoms with Gasteiger partial charge < -0.3 is 12.4 Å². The molecule has 0 heterocycles. The van der Waals surface area contributed by atoms with Crippen LogP contribution in [0.25, 0.3) is 0 Å². The second kappa shape index (κ2) is 9.74. The van der Waals surface area contributed by atoms with Crippen LogP contribution < -0.4 is 12.4 Å². The fraction of sp³-hybridized carbons (Fsp3) is 1.00. The molecule has 0 aromatic rings. The first-order valence-electron chi connectivity index (χ1n) is 3.54. The minimum atomic E-state index is 0. The zero-order chi connectivity index (χ0) is 7.11. The van der Waals surface area contributed by atoms with Crippen molar-refractivity contribution in [1.29, 1.82) is 0 Å². The van der Waals surface area contributed by atoms with E-state index in [1.807, 2.05) is 6.92 Å². The van der Waals surface area contributed by atoms with Crippen LogP contribution in [0.3, 0.4) is 0 Å². The second-order valence-corrected chi connectivity index (χ2v) is 3.06. The maximum Gasteiger partial charge on any atom is -1.00 e. The fourth-order valence-corrected chi connectivity index (χ4v) is 1.21. The van der Waals surface area contributed by atoms with Crippen molar-refractivity contribution in [3.63, 3.8) is 0 Å². The number of halogens is 1. The van der Waals surface area contributed by atoms with Crippen LogP contribution in [-0.4, -0.2) is 39.4 Å². The van der Waals surface area contributed by atoms with Crippen LogP contribution >= 0.6 is 0 Å². The molecule has 0 radical (unpaired) electrons. The first-order valence-corrected chi connectivity index (χ1v) is 4.52. The maximum atomic E-state index is 5.29. The van der Waals surface area contributed by atoms with Gasteiger partial charge in [0, 0.05) is 0 Å². The molecule has 0 saturated heterocycles. The van der Waals surface area contributed by atoms with E-state index in [1.54, 1.807) is 0 Å². The summed E-state index contributed by atoms with van der Waals surface area (Å²) in [6.45, 7) is 9.45. The van der Waals surface area contributed by atoms with Crippen LogP contribution in [0.4, 0.5) is 0 Å². The molecule has 60 valence electrons. The molecule has 0 bridgehead atoms. The van der Waals surface area contributed by atoms with Gasteiger partial charge in [-0.2, -0.15) is 0 Å². The Morgan fingerprint density at radius 2 is 1.70 bits per heavy atom. The van der Waals surface area contributed by atoms with Crippen molar-refractivity contribution in [2.24, 2.45) is 0 Å². The molecule has 0 aromatic carbocycles. The Balaban J connectivity index is 0. The van der Waals surface area contributed by atoms with Gasteiger partial charge in [0.1, 0.15) is 0 Å². The Kier molecular flexibility index (Phi) is 13.0. The molecule has 0 N–H and O–H groups in total. The van der Waals surface area contributed by atoms with E-state index >= 15 is 0 Å². The Bertz CT molecular complexity index is 61.7. The van der Waals surface area contributed by atoms with Crippen molar-refractivity contribution in [1.82, 2.24) is 3.88 Å². The number of hydrogen-bond acceptors (Lipinski definition) is 2. The summed E-state index contributed by atoms with van der Waals surface area (Å²) in [5.74, 6) is 0. The minimum Gasteiger partial charge on any atom is -1.00 e. The predicted molar refractivity (Wildman–Crippen MR) is 40.3 cm³/mol. The molecule has 0 aliphatic carbocycles. The largest absolute Gasteiger partial charge is 1.00 e. The van der Waals surface area contributed by atoms with Crippen molar-refractivity contribution in [2.45, 2.75) is 20.8 Å². The molecule has 4 heteroatoms. The summed E-state index contributed by atoms with van der Waals surface area (Å²) < 4.78 is 7.61. The zero-order valence-electron chi connectivity index (χ0n) is 6.93. The molecular formula is C6H15AlClNO.